The summed E-state index contributed by atoms with van der Waals surface area (Å²) in [6, 6.07) is 23.9. The SMILES string of the molecule is CCCC(C)c1cccc(C(CC)(CC)Pc2c(C)cccc2/C(=N/C)c2ccccc2)c1OCOC. The Kier molecular flexibility index (Phi) is 10.9. The number of rotatable bonds is 13. The maximum atomic E-state index is 6.39. The number of benzene rings is 3. The fourth-order valence-corrected chi connectivity index (χ4v) is 7.11. The fraction of sp³-hybridized carbons (Fsp3) is 0.424. The summed E-state index contributed by atoms with van der Waals surface area (Å²) < 4.78 is 11.8. The average molecular weight is 518 g/mol. The minimum absolute atomic E-state index is 0.0541. The molecule has 2 atom stereocenters. The zero-order valence-electron chi connectivity index (χ0n) is 23.7. The van der Waals surface area contributed by atoms with E-state index < -0.39 is 0 Å². The molecule has 0 heterocycles. The Morgan fingerprint density at radius 2 is 1.65 bits per heavy atom. The Labute approximate surface area is 226 Å². The quantitative estimate of drug-likeness (QED) is 0.130. The molecule has 4 heteroatoms. The first kappa shape index (κ1) is 29.1. The molecule has 3 aromatic carbocycles. The first-order valence-electron chi connectivity index (χ1n) is 13.6. The van der Waals surface area contributed by atoms with Crippen LogP contribution in [0.2, 0.25) is 0 Å². The summed E-state index contributed by atoms with van der Waals surface area (Å²) >= 11 is 0. The van der Waals surface area contributed by atoms with Gasteiger partial charge in [-0.1, -0.05) is 109 Å². The van der Waals surface area contributed by atoms with E-state index in [-0.39, 0.29) is 11.9 Å². The molecule has 3 nitrogen and oxygen atoms in total. The van der Waals surface area contributed by atoms with Crippen LogP contribution in [0.4, 0.5) is 0 Å². The van der Waals surface area contributed by atoms with Crippen LogP contribution in [0, 0.1) is 6.92 Å². The average Bonchev–Trinajstić information content (AvgIpc) is 2.93. The van der Waals surface area contributed by atoms with Gasteiger partial charge in [-0.05, 0) is 48.5 Å². The van der Waals surface area contributed by atoms with Crippen LogP contribution in [0.25, 0.3) is 0 Å². The van der Waals surface area contributed by atoms with E-state index in [0.29, 0.717) is 14.5 Å². The molecular weight excluding hydrogens is 473 g/mol. The van der Waals surface area contributed by atoms with Crippen molar-refractivity contribution in [3.63, 3.8) is 0 Å². The molecule has 37 heavy (non-hydrogen) atoms. The number of nitrogens with zero attached hydrogens (tertiary/aromatic N) is 1. The van der Waals surface area contributed by atoms with Gasteiger partial charge in [0, 0.05) is 36.0 Å². The predicted octanol–water partition coefficient (Wildman–Crippen LogP) is 8.37. The highest BCUT2D eigenvalue weighted by atomic mass is 31.1. The number of ether oxygens (including phenoxy) is 2. The highest BCUT2D eigenvalue weighted by Gasteiger charge is 2.35. The van der Waals surface area contributed by atoms with E-state index in [1.165, 1.54) is 27.6 Å². The van der Waals surface area contributed by atoms with Crippen molar-refractivity contribution in [2.24, 2.45) is 4.99 Å². The van der Waals surface area contributed by atoms with Crippen LogP contribution < -0.4 is 10.0 Å². The van der Waals surface area contributed by atoms with Crippen molar-refractivity contribution in [1.82, 2.24) is 0 Å². The maximum Gasteiger partial charge on any atom is 0.188 e. The molecule has 0 aromatic heterocycles. The Morgan fingerprint density at radius 1 is 0.946 bits per heavy atom. The lowest BCUT2D eigenvalue weighted by Gasteiger charge is -2.36. The standard InChI is InChI=1S/C33H44NO2P/c1-8-16-24(4)27-20-15-22-29(31(27)36-23-35-7)33(9-2,10-3)37-32-25(5)17-14-21-28(32)30(34-6)26-18-12-11-13-19-26/h11-15,17-22,24,37H,8-10,16,23H2,1-7H3/b34-30+. The smallest absolute Gasteiger partial charge is 0.188 e. The molecule has 3 rings (SSSR count). The molecule has 0 radical (unpaired) electrons. The number of hydrogen-bond acceptors (Lipinski definition) is 3. The van der Waals surface area contributed by atoms with Crippen LogP contribution in [0.15, 0.2) is 71.7 Å². The van der Waals surface area contributed by atoms with Gasteiger partial charge >= 0.3 is 0 Å². The van der Waals surface area contributed by atoms with Crippen LogP contribution in [-0.2, 0) is 9.89 Å². The van der Waals surface area contributed by atoms with Gasteiger partial charge < -0.3 is 9.47 Å². The van der Waals surface area contributed by atoms with Gasteiger partial charge in [-0.3, -0.25) is 4.99 Å². The summed E-state index contributed by atoms with van der Waals surface area (Å²) in [7, 11) is 4.17. The van der Waals surface area contributed by atoms with Crippen LogP contribution in [0.5, 0.6) is 5.75 Å². The van der Waals surface area contributed by atoms with E-state index in [1.54, 1.807) is 7.11 Å². The van der Waals surface area contributed by atoms with Crippen molar-refractivity contribution >= 4 is 19.6 Å². The topological polar surface area (TPSA) is 30.8 Å². The minimum Gasteiger partial charge on any atom is -0.467 e. The molecule has 0 saturated heterocycles. The summed E-state index contributed by atoms with van der Waals surface area (Å²) in [5.41, 5.74) is 7.34. The van der Waals surface area contributed by atoms with Gasteiger partial charge in [0.05, 0.1) is 5.71 Å². The number of methoxy groups -OCH3 is 1. The summed E-state index contributed by atoms with van der Waals surface area (Å²) in [6.07, 6.45) is 4.33. The van der Waals surface area contributed by atoms with Crippen LogP contribution in [0.3, 0.4) is 0 Å². The van der Waals surface area contributed by atoms with E-state index in [2.05, 4.69) is 101 Å². The highest BCUT2D eigenvalue weighted by Crippen LogP contribution is 2.52. The van der Waals surface area contributed by atoms with Gasteiger partial charge in [-0.15, -0.1) is 0 Å². The third kappa shape index (κ3) is 6.51. The van der Waals surface area contributed by atoms with Crippen molar-refractivity contribution in [2.45, 2.75) is 71.4 Å². The summed E-state index contributed by atoms with van der Waals surface area (Å²) in [4.78, 5) is 4.78. The van der Waals surface area contributed by atoms with E-state index >= 15 is 0 Å². The van der Waals surface area contributed by atoms with Gasteiger partial charge in [0.2, 0.25) is 0 Å². The second kappa shape index (κ2) is 13.9. The number of aliphatic imine (C=N–C) groups is 1. The molecule has 3 aromatic rings. The van der Waals surface area contributed by atoms with Crippen molar-refractivity contribution in [3.8, 4) is 5.75 Å². The molecule has 0 aliphatic rings. The van der Waals surface area contributed by atoms with E-state index in [4.69, 9.17) is 14.5 Å². The molecule has 0 spiro atoms. The third-order valence-corrected chi connectivity index (χ3v) is 9.87. The molecule has 2 unspecified atom stereocenters. The van der Waals surface area contributed by atoms with Crippen LogP contribution in [-0.4, -0.2) is 26.7 Å². The monoisotopic (exact) mass is 517 g/mol. The Hall–Kier alpha value is -2.48. The van der Waals surface area contributed by atoms with E-state index in [1.807, 2.05) is 7.05 Å². The Balaban J connectivity index is 2.19. The number of para-hydroxylation sites is 1. The third-order valence-electron chi connectivity index (χ3n) is 7.50. The van der Waals surface area contributed by atoms with Gasteiger partial charge in [-0.25, -0.2) is 0 Å². The number of hydrogen-bond donors (Lipinski definition) is 0. The fourth-order valence-electron chi connectivity index (χ4n) is 5.33. The molecule has 0 aliphatic heterocycles. The van der Waals surface area contributed by atoms with Gasteiger partial charge in [0.15, 0.2) is 6.79 Å². The molecule has 0 saturated carbocycles. The lowest BCUT2D eigenvalue weighted by molar-refractivity contribution is 0.0489. The normalized spacial score (nSPS) is 13.3. The molecule has 198 valence electrons. The Morgan fingerprint density at radius 3 is 2.27 bits per heavy atom. The molecule has 0 bridgehead atoms. The van der Waals surface area contributed by atoms with Gasteiger partial charge in [-0.2, -0.15) is 0 Å². The van der Waals surface area contributed by atoms with Crippen molar-refractivity contribution in [1.29, 1.82) is 0 Å². The van der Waals surface area contributed by atoms with E-state index in [9.17, 15) is 0 Å². The molecule has 0 amide bonds. The minimum atomic E-state index is -0.0541. The first-order valence-corrected chi connectivity index (χ1v) is 14.6. The summed E-state index contributed by atoms with van der Waals surface area (Å²) in [5.74, 6) is 1.45. The second-order valence-corrected chi connectivity index (χ2v) is 11.5. The lowest BCUT2D eigenvalue weighted by atomic mass is 9.86. The van der Waals surface area contributed by atoms with E-state index in [0.717, 1.165) is 42.7 Å². The second-order valence-electron chi connectivity index (χ2n) is 9.81. The lowest BCUT2D eigenvalue weighted by Crippen LogP contribution is -2.27. The molecule has 0 fully saturated rings. The van der Waals surface area contributed by atoms with Crippen molar-refractivity contribution in [2.75, 3.05) is 21.0 Å². The molecule has 0 aliphatic carbocycles. The molecule has 0 N–H and O–H groups in total. The van der Waals surface area contributed by atoms with Gasteiger partial charge in [0.1, 0.15) is 5.75 Å². The zero-order chi connectivity index (χ0) is 26.8. The molecular formula is C33H44NO2P. The largest absolute Gasteiger partial charge is 0.467 e. The maximum absolute atomic E-state index is 6.39. The van der Waals surface area contributed by atoms with Crippen molar-refractivity contribution in [3.05, 3.63) is 94.5 Å². The first-order chi connectivity index (χ1) is 18.0. The van der Waals surface area contributed by atoms with Crippen LogP contribution >= 0.6 is 8.58 Å². The highest BCUT2D eigenvalue weighted by molar-refractivity contribution is 7.49. The van der Waals surface area contributed by atoms with Crippen molar-refractivity contribution < 1.29 is 9.47 Å². The Bertz CT molecular complexity index is 1170. The summed E-state index contributed by atoms with van der Waals surface area (Å²) in [5, 5.41) is 1.34. The summed E-state index contributed by atoms with van der Waals surface area (Å²) in [6.45, 7) is 11.7. The van der Waals surface area contributed by atoms with Crippen LogP contribution in [0.1, 0.15) is 87.1 Å². The predicted molar refractivity (Wildman–Crippen MR) is 162 cm³/mol. The zero-order valence-corrected chi connectivity index (χ0v) is 24.7. The van der Waals surface area contributed by atoms with Gasteiger partial charge in [0.25, 0.3) is 0 Å². The number of aryl methyl sites for hydroxylation is 1.